The van der Waals surface area contributed by atoms with E-state index in [0.717, 1.165) is 0 Å². The number of aromatic hydroxyl groups is 1. The van der Waals surface area contributed by atoms with Crippen molar-refractivity contribution >= 4 is 22.5 Å². The van der Waals surface area contributed by atoms with Crippen molar-refractivity contribution in [1.82, 2.24) is 0 Å². The van der Waals surface area contributed by atoms with Gasteiger partial charge in [-0.1, -0.05) is 19.1 Å². The lowest BCUT2D eigenvalue weighted by molar-refractivity contribution is 0.0976. The first-order valence-corrected chi connectivity index (χ1v) is 8.93. The Labute approximate surface area is 160 Å². The van der Waals surface area contributed by atoms with E-state index in [9.17, 15) is 24.6 Å². The molecule has 28 heavy (non-hydrogen) atoms. The van der Waals surface area contributed by atoms with Gasteiger partial charge in [-0.3, -0.25) is 14.4 Å². The predicted octanol–water partition coefficient (Wildman–Crippen LogP) is 3.07. The molecule has 1 aliphatic rings. The molecular weight excluding hydrogens is 360 g/mol. The van der Waals surface area contributed by atoms with Crippen LogP contribution >= 0.6 is 0 Å². The molecule has 0 aliphatic heterocycles. The normalized spacial score (nSPS) is 15.3. The molecule has 6 heteroatoms. The van der Waals surface area contributed by atoms with Gasteiger partial charge in [0.1, 0.15) is 17.1 Å². The van der Waals surface area contributed by atoms with Crippen molar-refractivity contribution in [3.05, 3.63) is 74.1 Å². The van der Waals surface area contributed by atoms with Crippen LogP contribution in [0.3, 0.4) is 0 Å². The third kappa shape index (κ3) is 2.42. The van der Waals surface area contributed by atoms with E-state index >= 15 is 0 Å². The van der Waals surface area contributed by atoms with Crippen molar-refractivity contribution < 1.29 is 24.2 Å². The Kier molecular flexibility index (Phi) is 3.97. The van der Waals surface area contributed by atoms with Gasteiger partial charge in [0.2, 0.25) is 5.78 Å². The summed E-state index contributed by atoms with van der Waals surface area (Å²) < 4.78 is 5.90. The van der Waals surface area contributed by atoms with Crippen molar-refractivity contribution in [3.63, 3.8) is 0 Å². The van der Waals surface area contributed by atoms with E-state index in [2.05, 4.69) is 0 Å². The van der Waals surface area contributed by atoms with Gasteiger partial charge in [0.25, 0.3) is 0 Å². The highest BCUT2D eigenvalue weighted by Gasteiger charge is 2.35. The van der Waals surface area contributed by atoms with E-state index in [4.69, 9.17) is 4.42 Å². The fourth-order valence-corrected chi connectivity index (χ4v) is 3.65. The van der Waals surface area contributed by atoms with E-state index in [-0.39, 0.29) is 50.2 Å². The summed E-state index contributed by atoms with van der Waals surface area (Å²) in [6.07, 6.45) is -0.775. The fourth-order valence-electron chi connectivity index (χ4n) is 3.65. The van der Waals surface area contributed by atoms with Crippen LogP contribution in [-0.4, -0.2) is 27.9 Å². The minimum Gasteiger partial charge on any atom is -0.507 e. The molecule has 142 valence electrons. The van der Waals surface area contributed by atoms with Gasteiger partial charge in [0.05, 0.1) is 22.6 Å². The third-order valence-electron chi connectivity index (χ3n) is 5.38. The van der Waals surface area contributed by atoms with Crippen molar-refractivity contribution in [1.29, 1.82) is 0 Å². The van der Waals surface area contributed by atoms with Crippen LogP contribution in [0.2, 0.25) is 0 Å². The van der Waals surface area contributed by atoms with E-state index < -0.39 is 23.6 Å². The zero-order chi connectivity index (χ0) is 20.3. The first-order valence-electron chi connectivity index (χ1n) is 8.93. The standard InChI is InChI=1S/C22H18O6/c1-9-7-13-19(21(27)18-12(20(13)26)5-4-6-14(18)24)22-17(9)15(25)8-16(28-22)10(2)11(3)23/h4-8,10-11,23-24H,1-3H3/t10-,11-/m1/s1. The molecule has 0 fully saturated rings. The number of fused-ring (bicyclic) bond motifs is 4. The van der Waals surface area contributed by atoms with Crippen LogP contribution in [0.25, 0.3) is 11.0 Å². The lowest BCUT2D eigenvalue weighted by atomic mass is 9.81. The number of hydrogen-bond donors (Lipinski definition) is 2. The first kappa shape index (κ1) is 18.1. The maximum absolute atomic E-state index is 13.2. The maximum atomic E-state index is 13.2. The number of hydrogen-bond acceptors (Lipinski definition) is 6. The van der Waals surface area contributed by atoms with Gasteiger partial charge in [-0.25, -0.2) is 0 Å². The van der Waals surface area contributed by atoms with Crippen LogP contribution in [0.1, 0.15) is 62.9 Å². The van der Waals surface area contributed by atoms with Gasteiger partial charge < -0.3 is 14.6 Å². The van der Waals surface area contributed by atoms with Crippen LogP contribution in [0.4, 0.5) is 0 Å². The predicted molar refractivity (Wildman–Crippen MR) is 102 cm³/mol. The molecule has 6 nitrogen and oxygen atoms in total. The molecule has 1 aliphatic carbocycles. The average molecular weight is 378 g/mol. The Hall–Kier alpha value is -3.25. The number of carbonyl (C=O) groups is 2. The summed E-state index contributed by atoms with van der Waals surface area (Å²) in [7, 11) is 0. The largest absolute Gasteiger partial charge is 0.507 e. The Morgan fingerprint density at radius 3 is 2.36 bits per heavy atom. The molecule has 0 amide bonds. The number of phenols is 1. The lowest BCUT2D eigenvalue weighted by Gasteiger charge is -2.21. The van der Waals surface area contributed by atoms with Gasteiger partial charge in [0, 0.05) is 23.1 Å². The second-order valence-corrected chi connectivity index (χ2v) is 7.22. The average Bonchev–Trinajstić information content (AvgIpc) is 2.64. The number of benzene rings is 2. The molecule has 0 saturated carbocycles. The smallest absolute Gasteiger partial charge is 0.202 e. The second kappa shape index (κ2) is 6.14. The Morgan fingerprint density at radius 1 is 0.964 bits per heavy atom. The summed E-state index contributed by atoms with van der Waals surface area (Å²) in [6.45, 7) is 4.95. The van der Waals surface area contributed by atoms with Crippen LogP contribution in [0.15, 0.2) is 39.5 Å². The molecule has 0 unspecified atom stereocenters. The number of phenolic OH excluding ortho intramolecular Hbond substituents is 1. The van der Waals surface area contributed by atoms with E-state index in [1.807, 2.05) is 0 Å². The summed E-state index contributed by atoms with van der Waals surface area (Å²) in [5.41, 5.74) is 0.302. The van der Waals surface area contributed by atoms with Crippen LogP contribution < -0.4 is 5.43 Å². The second-order valence-electron chi connectivity index (χ2n) is 7.22. The molecule has 1 heterocycles. The molecule has 0 spiro atoms. The molecule has 2 N–H and O–H groups in total. The monoisotopic (exact) mass is 378 g/mol. The summed E-state index contributed by atoms with van der Waals surface area (Å²) >= 11 is 0. The van der Waals surface area contributed by atoms with Crippen LogP contribution in [-0.2, 0) is 0 Å². The highest BCUT2D eigenvalue weighted by Crippen LogP contribution is 2.37. The van der Waals surface area contributed by atoms with Gasteiger partial charge >= 0.3 is 0 Å². The highest BCUT2D eigenvalue weighted by atomic mass is 16.3. The Balaban J connectivity index is 2.13. The van der Waals surface area contributed by atoms with Crippen LogP contribution in [0.5, 0.6) is 5.75 Å². The minimum atomic E-state index is -0.775. The Morgan fingerprint density at radius 2 is 1.68 bits per heavy atom. The van der Waals surface area contributed by atoms with Gasteiger partial charge in [0.15, 0.2) is 11.2 Å². The van der Waals surface area contributed by atoms with E-state index in [0.29, 0.717) is 5.56 Å². The van der Waals surface area contributed by atoms with E-state index in [1.54, 1.807) is 20.8 Å². The topological polar surface area (TPSA) is 105 Å². The van der Waals surface area contributed by atoms with Gasteiger partial charge in [-0.2, -0.15) is 0 Å². The first-order chi connectivity index (χ1) is 13.2. The molecule has 2 aromatic carbocycles. The van der Waals surface area contributed by atoms with E-state index in [1.165, 1.54) is 30.3 Å². The summed E-state index contributed by atoms with van der Waals surface area (Å²) in [5.74, 6) is -1.54. The molecule has 3 aromatic rings. The van der Waals surface area contributed by atoms with Crippen molar-refractivity contribution in [3.8, 4) is 5.75 Å². The number of aliphatic hydroxyl groups is 1. The Bertz CT molecular complexity index is 1230. The van der Waals surface area contributed by atoms with Gasteiger partial charge in [-0.15, -0.1) is 0 Å². The SMILES string of the molecule is Cc1cc2c(c3oc([C@H](C)[C@@H](C)O)cc(=O)c13)C(=O)c1c(O)cccc1C2=O. The third-order valence-corrected chi connectivity index (χ3v) is 5.38. The number of carbonyl (C=O) groups excluding carboxylic acids is 2. The maximum Gasteiger partial charge on any atom is 0.202 e. The zero-order valence-corrected chi connectivity index (χ0v) is 15.6. The molecule has 2 atom stereocenters. The van der Waals surface area contributed by atoms with Crippen molar-refractivity contribution in [2.45, 2.75) is 32.8 Å². The lowest BCUT2D eigenvalue weighted by Crippen LogP contribution is -2.23. The number of aryl methyl sites for hydroxylation is 1. The zero-order valence-electron chi connectivity index (χ0n) is 15.6. The van der Waals surface area contributed by atoms with Crippen molar-refractivity contribution in [2.75, 3.05) is 0 Å². The summed E-state index contributed by atoms with van der Waals surface area (Å²) in [5, 5.41) is 20.3. The molecule has 0 radical (unpaired) electrons. The van der Waals surface area contributed by atoms with Crippen molar-refractivity contribution in [2.24, 2.45) is 0 Å². The molecule has 4 rings (SSSR count). The molecular formula is C22H18O6. The highest BCUT2D eigenvalue weighted by molar-refractivity contribution is 6.32. The summed E-state index contributed by atoms with van der Waals surface area (Å²) in [4.78, 5) is 38.9. The molecule has 0 bridgehead atoms. The molecule has 0 saturated heterocycles. The molecule has 1 aromatic heterocycles. The number of ketones is 2. The van der Waals surface area contributed by atoms with Crippen LogP contribution in [0, 0.1) is 6.92 Å². The number of rotatable bonds is 2. The fraction of sp³-hybridized carbons (Fsp3) is 0.227. The minimum absolute atomic E-state index is 0.0113. The number of aliphatic hydroxyl groups excluding tert-OH is 1. The summed E-state index contributed by atoms with van der Waals surface area (Å²) in [6, 6.07) is 7.14. The van der Waals surface area contributed by atoms with Gasteiger partial charge in [-0.05, 0) is 31.5 Å². The quantitative estimate of drug-likeness (QED) is 0.555.